The van der Waals surface area contributed by atoms with Gasteiger partial charge in [0.15, 0.2) is 0 Å². The summed E-state index contributed by atoms with van der Waals surface area (Å²) in [6, 6.07) is 7.76. The minimum atomic E-state index is 0.566. The molecule has 1 aromatic carbocycles. The minimum Gasteiger partial charge on any atom is -0.311 e. The van der Waals surface area contributed by atoms with Crippen molar-refractivity contribution in [1.82, 2.24) is 10.2 Å². The lowest BCUT2D eigenvalue weighted by Gasteiger charge is -2.38. The number of piperazine rings is 1. The van der Waals surface area contributed by atoms with Gasteiger partial charge in [0.2, 0.25) is 0 Å². The molecule has 0 aliphatic carbocycles. The van der Waals surface area contributed by atoms with Gasteiger partial charge in [0.05, 0.1) is 0 Å². The van der Waals surface area contributed by atoms with Gasteiger partial charge in [-0.1, -0.05) is 22.0 Å². The van der Waals surface area contributed by atoms with Crippen LogP contribution in [0.1, 0.15) is 18.1 Å². The minimum absolute atomic E-state index is 0.566. The number of halogens is 1. The van der Waals surface area contributed by atoms with Crippen molar-refractivity contribution in [2.45, 2.75) is 32.4 Å². The number of hydrogen-bond acceptors (Lipinski definition) is 2. The lowest BCUT2D eigenvalue weighted by molar-refractivity contribution is 0.157. The second-order valence-electron chi connectivity index (χ2n) is 5.07. The average Bonchev–Trinajstić information content (AvgIpc) is 2.26. The molecular weight excluding hydrogens is 276 g/mol. The van der Waals surface area contributed by atoms with Gasteiger partial charge in [-0.05, 0) is 50.6 Å². The van der Waals surface area contributed by atoms with Crippen LogP contribution >= 0.6 is 15.9 Å². The van der Waals surface area contributed by atoms with E-state index in [0.29, 0.717) is 12.1 Å². The largest absolute Gasteiger partial charge is 0.311 e. The molecule has 94 valence electrons. The van der Waals surface area contributed by atoms with Crippen molar-refractivity contribution in [3.8, 4) is 0 Å². The van der Waals surface area contributed by atoms with Gasteiger partial charge in [0.25, 0.3) is 0 Å². The zero-order valence-corrected chi connectivity index (χ0v) is 12.4. The van der Waals surface area contributed by atoms with Crippen LogP contribution in [0, 0.1) is 6.92 Å². The van der Waals surface area contributed by atoms with Crippen LogP contribution in [0.25, 0.3) is 0 Å². The SMILES string of the molecule is Cc1cc(Br)ccc1CC1C(C)NCCN1C. The first kappa shape index (κ1) is 13.1. The molecule has 0 radical (unpaired) electrons. The molecule has 1 N–H and O–H groups in total. The van der Waals surface area contributed by atoms with Crippen molar-refractivity contribution < 1.29 is 0 Å². The summed E-state index contributed by atoms with van der Waals surface area (Å²) < 4.78 is 1.17. The van der Waals surface area contributed by atoms with Crippen molar-refractivity contribution in [2.24, 2.45) is 0 Å². The summed E-state index contributed by atoms with van der Waals surface area (Å²) in [5.74, 6) is 0. The zero-order chi connectivity index (χ0) is 12.4. The average molecular weight is 297 g/mol. The normalized spacial score (nSPS) is 26.1. The van der Waals surface area contributed by atoms with E-state index in [9.17, 15) is 0 Å². The van der Waals surface area contributed by atoms with Crippen molar-refractivity contribution >= 4 is 15.9 Å². The van der Waals surface area contributed by atoms with Crippen LogP contribution in [0.3, 0.4) is 0 Å². The molecule has 1 aliphatic heterocycles. The first-order chi connectivity index (χ1) is 8.08. The topological polar surface area (TPSA) is 15.3 Å². The number of likely N-dealkylation sites (N-methyl/N-ethyl adjacent to an activating group) is 1. The van der Waals surface area contributed by atoms with Gasteiger partial charge in [-0.2, -0.15) is 0 Å². The van der Waals surface area contributed by atoms with Crippen LogP contribution in [0.5, 0.6) is 0 Å². The van der Waals surface area contributed by atoms with Crippen LogP contribution in [-0.4, -0.2) is 37.1 Å². The molecule has 2 atom stereocenters. The second-order valence-corrected chi connectivity index (χ2v) is 5.98. The maximum Gasteiger partial charge on any atom is 0.0284 e. The molecule has 3 heteroatoms. The van der Waals surface area contributed by atoms with Crippen molar-refractivity contribution in [1.29, 1.82) is 0 Å². The van der Waals surface area contributed by atoms with Crippen LogP contribution in [0.15, 0.2) is 22.7 Å². The maximum absolute atomic E-state index is 3.56. The third kappa shape index (κ3) is 3.09. The standard InChI is InChI=1S/C14H21BrN2/c1-10-8-13(15)5-4-12(10)9-14-11(2)16-6-7-17(14)3/h4-5,8,11,14,16H,6-7,9H2,1-3H3. The fraction of sp³-hybridized carbons (Fsp3) is 0.571. The highest BCUT2D eigenvalue weighted by atomic mass is 79.9. The third-order valence-corrected chi connectivity index (χ3v) is 4.30. The van der Waals surface area contributed by atoms with E-state index in [2.05, 4.69) is 65.2 Å². The monoisotopic (exact) mass is 296 g/mol. The summed E-state index contributed by atoms with van der Waals surface area (Å²) in [4.78, 5) is 2.47. The summed E-state index contributed by atoms with van der Waals surface area (Å²) in [6.45, 7) is 6.73. The Kier molecular flexibility index (Phi) is 4.23. The molecule has 0 spiro atoms. The molecule has 0 aromatic heterocycles. The smallest absolute Gasteiger partial charge is 0.0284 e. The lowest BCUT2D eigenvalue weighted by Crippen LogP contribution is -2.56. The Labute approximate surface area is 113 Å². The highest BCUT2D eigenvalue weighted by molar-refractivity contribution is 9.10. The molecule has 1 saturated heterocycles. The van der Waals surface area contributed by atoms with Crippen LogP contribution in [0.2, 0.25) is 0 Å². The van der Waals surface area contributed by atoms with Crippen LogP contribution in [0.4, 0.5) is 0 Å². The highest BCUT2D eigenvalue weighted by Crippen LogP contribution is 2.20. The summed E-state index contributed by atoms with van der Waals surface area (Å²) in [6.07, 6.45) is 1.13. The quantitative estimate of drug-likeness (QED) is 0.902. The van der Waals surface area contributed by atoms with Crippen molar-refractivity contribution in [2.75, 3.05) is 20.1 Å². The Bertz CT molecular complexity index is 382. The van der Waals surface area contributed by atoms with E-state index in [1.54, 1.807) is 0 Å². The van der Waals surface area contributed by atoms with Crippen LogP contribution < -0.4 is 5.32 Å². The van der Waals surface area contributed by atoms with Crippen molar-refractivity contribution in [3.05, 3.63) is 33.8 Å². The molecule has 1 aliphatic rings. The third-order valence-electron chi connectivity index (χ3n) is 3.81. The molecule has 1 heterocycles. The maximum atomic E-state index is 3.56. The second kappa shape index (κ2) is 5.51. The van der Waals surface area contributed by atoms with Gasteiger partial charge in [-0.3, -0.25) is 0 Å². The first-order valence-corrected chi connectivity index (χ1v) is 7.06. The predicted octanol–water partition coefficient (Wildman–Crippen LogP) is 2.59. The van der Waals surface area contributed by atoms with Gasteiger partial charge in [-0.25, -0.2) is 0 Å². The van der Waals surface area contributed by atoms with E-state index in [4.69, 9.17) is 0 Å². The Hall–Kier alpha value is -0.380. The van der Waals surface area contributed by atoms with E-state index >= 15 is 0 Å². The fourth-order valence-electron chi connectivity index (χ4n) is 2.60. The van der Waals surface area contributed by atoms with Gasteiger partial charge in [0, 0.05) is 29.6 Å². The molecule has 1 fully saturated rings. The predicted molar refractivity (Wildman–Crippen MR) is 76.5 cm³/mol. The molecule has 1 aromatic rings. The first-order valence-electron chi connectivity index (χ1n) is 6.26. The Morgan fingerprint density at radius 1 is 1.47 bits per heavy atom. The van der Waals surface area contributed by atoms with Gasteiger partial charge >= 0.3 is 0 Å². The summed E-state index contributed by atoms with van der Waals surface area (Å²) in [5.41, 5.74) is 2.84. The Morgan fingerprint density at radius 2 is 2.24 bits per heavy atom. The van der Waals surface area contributed by atoms with Gasteiger partial charge < -0.3 is 10.2 Å². The van der Waals surface area contributed by atoms with Gasteiger partial charge in [-0.15, -0.1) is 0 Å². The fourth-order valence-corrected chi connectivity index (χ4v) is 3.07. The van der Waals surface area contributed by atoms with E-state index in [1.165, 1.54) is 15.6 Å². The molecule has 0 bridgehead atoms. The van der Waals surface area contributed by atoms with E-state index in [0.717, 1.165) is 19.5 Å². The van der Waals surface area contributed by atoms with E-state index < -0.39 is 0 Å². The number of nitrogens with one attached hydrogen (secondary N) is 1. The van der Waals surface area contributed by atoms with Gasteiger partial charge in [0.1, 0.15) is 0 Å². The number of nitrogens with zero attached hydrogens (tertiary/aromatic N) is 1. The molecule has 2 nitrogen and oxygen atoms in total. The molecular formula is C14H21BrN2. The Morgan fingerprint density at radius 3 is 2.88 bits per heavy atom. The number of benzene rings is 1. The Balaban J connectivity index is 2.13. The number of hydrogen-bond donors (Lipinski definition) is 1. The molecule has 17 heavy (non-hydrogen) atoms. The van der Waals surface area contributed by atoms with Crippen LogP contribution in [-0.2, 0) is 6.42 Å². The molecule has 2 rings (SSSR count). The highest BCUT2D eigenvalue weighted by Gasteiger charge is 2.25. The molecule has 2 unspecified atom stereocenters. The number of rotatable bonds is 2. The summed E-state index contributed by atoms with van der Waals surface area (Å²) in [5, 5.41) is 3.56. The van der Waals surface area contributed by atoms with Crippen molar-refractivity contribution in [3.63, 3.8) is 0 Å². The number of aryl methyl sites for hydroxylation is 1. The van der Waals surface area contributed by atoms with E-state index in [-0.39, 0.29) is 0 Å². The zero-order valence-electron chi connectivity index (χ0n) is 10.8. The molecule has 0 amide bonds. The van der Waals surface area contributed by atoms with E-state index in [1.807, 2.05) is 0 Å². The summed E-state index contributed by atoms with van der Waals surface area (Å²) >= 11 is 3.52. The molecule has 0 saturated carbocycles. The summed E-state index contributed by atoms with van der Waals surface area (Å²) in [7, 11) is 2.23. The lowest BCUT2D eigenvalue weighted by atomic mass is 9.95.